The number of carbonyl (C=O) groups excluding carboxylic acids is 1. The maximum atomic E-state index is 12.6. The van der Waals surface area contributed by atoms with Crippen molar-refractivity contribution in [1.29, 1.82) is 0 Å². The van der Waals surface area contributed by atoms with Gasteiger partial charge in [0.15, 0.2) is 11.5 Å². The number of hydrogen-bond donors (Lipinski definition) is 1. The molecule has 0 atom stereocenters. The van der Waals surface area contributed by atoms with Crippen LogP contribution < -0.4 is 14.8 Å². The van der Waals surface area contributed by atoms with Gasteiger partial charge in [-0.2, -0.15) is 13.2 Å². The summed E-state index contributed by atoms with van der Waals surface area (Å²) in [6, 6.07) is 9.48. The minimum Gasteiger partial charge on any atom is -0.493 e. The molecule has 28 heavy (non-hydrogen) atoms. The van der Waals surface area contributed by atoms with Crippen LogP contribution in [0.2, 0.25) is 0 Å². The lowest BCUT2D eigenvalue weighted by Crippen LogP contribution is -2.12. The van der Waals surface area contributed by atoms with Crippen LogP contribution in [0.5, 0.6) is 11.5 Å². The highest BCUT2D eigenvalue weighted by Gasteiger charge is 2.30. The maximum Gasteiger partial charge on any atom is 0.416 e. The van der Waals surface area contributed by atoms with Crippen LogP contribution in [0.4, 0.5) is 18.9 Å². The molecule has 0 aliphatic heterocycles. The zero-order chi connectivity index (χ0) is 20.3. The van der Waals surface area contributed by atoms with E-state index in [9.17, 15) is 18.0 Å². The molecule has 0 aliphatic carbocycles. The Labute approximate surface area is 162 Å². The molecule has 1 heterocycles. The fourth-order valence-electron chi connectivity index (χ4n) is 2.42. The minimum absolute atomic E-state index is 0.162. The number of amides is 1. The first-order valence-electron chi connectivity index (χ1n) is 7.98. The number of aromatic nitrogens is 1. The maximum absolute atomic E-state index is 12.6. The lowest BCUT2D eigenvalue weighted by molar-refractivity contribution is -0.137. The molecule has 0 fully saturated rings. The van der Waals surface area contributed by atoms with Crippen LogP contribution in [0.15, 0.2) is 47.8 Å². The highest BCUT2D eigenvalue weighted by atomic mass is 32.1. The van der Waals surface area contributed by atoms with Crippen LogP contribution in [-0.2, 0) is 6.18 Å². The van der Waals surface area contributed by atoms with E-state index >= 15 is 0 Å². The van der Waals surface area contributed by atoms with Crippen molar-refractivity contribution in [1.82, 2.24) is 4.98 Å². The number of carbonyl (C=O) groups is 1. The zero-order valence-corrected chi connectivity index (χ0v) is 15.6. The summed E-state index contributed by atoms with van der Waals surface area (Å²) >= 11 is 1.26. The summed E-state index contributed by atoms with van der Waals surface area (Å²) in [6.45, 7) is 0. The quantitative estimate of drug-likeness (QED) is 0.638. The summed E-state index contributed by atoms with van der Waals surface area (Å²) in [6.07, 6.45) is -4.42. The summed E-state index contributed by atoms with van der Waals surface area (Å²) in [4.78, 5) is 16.6. The van der Waals surface area contributed by atoms with Gasteiger partial charge in [-0.15, -0.1) is 11.3 Å². The molecule has 0 saturated heterocycles. The molecule has 9 heteroatoms. The highest BCUT2D eigenvalue weighted by Crippen LogP contribution is 2.34. The number of thiazole rings is 1. The Morgan fingerprint density at radius 3 is 2.32 bits per heavy atom. The molecule has 2 aromatic carbocycles. The third-order valence-corrected chi connectivity index (χ3v) is 4.73. The van der Waals surface area contributed by atoms with Crippen LogP contribution in [0.25, 0.3) is 10.6 Å². The normalized spacial score (nSPS) is 11.2. The van der Waals surface area contributed by atoms with Gasteiger partial charge in [0, 0.05) is 16.6 Å². The molecule has 0 radical (unpaired) electrons. The Morgan fingerprint density at radius 1 is 1.04 bits per heavy atom. The van der Waals surface area contributed by atoms with E-state index in [1.165, 1.54) is 37.7 Å². The predicted molar refractivity (Wildman–Crippen MR) is 100 cm³/mol. The van der Waals surface area contributed by atoms with Gasteiger partial charge in [-0.05, 0) is 42.5 Å². The van der Waals surface area contributed by atoms with E-state index in [0.717, 1.165) is 17.7 Å². The minimum atomic E-state index is -4.42. The van der Waals surface area contributed by atoms with Crippen LogP contribution in [0, 0.1) is 0 Å². The number of alkyl halides is 3. The number of methoxy groups -OCH3 is 2. The number of rotatable bonds is 5. The van der Waals surface area contributed by atoms with Crippen molar-refractivity contribution in [2.75, 3.05) is 19.5 Å². The third kappa shape index (κ3) is 4.25. The summed E-state index contributed by atoms with van der Waals surface area (Å²) in [5.74, 6) is 0.594. The Kier molecular flexibility index (Phi) is 5.55. The van der Waals surface area contributed by atoms with E-state index in [4.69, 9.17) is 9.47 Å². The van der Waals surface area contributed by atoms with Gasteiger partial charge in [0.1, 0.15) is 10.7 Å². The third-order valence-electron chi connectivity index (χ3n) is 3.84. The first-order chi connectivity index (χ1) is 13.3. The van der Waals surface area contributed by atoms with E-state index in [1.54, 1.807) is 23.6 Å². The molecule has 1 N–H and O–H groups in total. The molecule has 0 unspecified atom stereocenters. The smallest absolute Gasteiger partial charge is 0.416 e. The molecule has 0 aliphatic rings. The molecule has 3 aromatic rings. The van der Waals surface area contributed by atoms with Crippen molar-refractivity contribution < 1.29 is 27.4 Å². The van der Waals surface area contributed by atoms with Crippen molar-refractivity contribution >= 4 is 22.9 Å². The molecular formula is C19H15F3N2O3S. The van der Waals surface area contributed by atoms with Gasteiger partial charge in [-0.25, -0.2) is 4.98 Å². The summed E-state index contributed by atoms with van der Waals surface area (Å²) < 4.78 is 48.2. The van der Waals surface area contributed by atoms with E-state index in [-0.39, 0.29) is 11.4 Å². The predicted octanol–water partition coefficient (Wildman–Crippen LogP) is 5.10. The SMILES string of the molecule is COc1ccc(-c2nc(C(=O)Nc3ccc(C(F)(F)F)cc3)cs2)cc1OC. The molecule has 5 nitrogen and oxygen atoms in total. The topological polar surface area (TPSA) is 60.5 Å². The van der Waals surface area contributed by atoms with Gasteiger partial charge in [-0.1, -0.05) is 0 Å². The molecule has 0 saturated carbocycles. The molecular weight excluding hydrogens is 393 g/mol. The molecule has 146 valence electrons. The van der Waals surface area contributed by atoms with Crippen LogP contribution >= 0.6 is 11.3 Å². The van der Waals surface area contributed by atoms with Crippen molar-refractivity contribution in [2.24, 2.45) is 0 Å². The zero-order valence-electron chi connectivity index (χ0n) is 14.8. The highest BCUT2D eigenvalue weighted by molar-refractivity contribution is 7.13. The average molecular weight is 408 g/mol. The van der Waals surface area contributed by atoms with Gasteiger partial charge >= 0.3 is 6.18 Å². The number of hydrogen-bond acceptors (Lipinski definition) is 5. The van der Waals surface area contributed by atoms with Crippen molar-refractivity contribution in [3.8, 4) is 22.1 Å². The van der Waals surface area contributed by atoms with Crippen LogP contribution in [-0.4, -0.2) is 25.1 Å². The Bertz CT molecular complexity index is 985. The Hall–Kier alpha value is -3.07. The summed E-state index contributed by atoms with van der Waals surface area (Å²) in [7, 11) is 3.05. The van der Waals surface area contributed by atoms with Gasteiger partial charge in [0.25, 0.3) is 5.91 Å². The number of halogens is 3. The number of anilines is 1. The Morgan fingerprint density at radius 2 is 1.71 bits per heavy atom. The van der Waals surface area contributed by atoms with Gasteiger partial charge in [0.2, 0.25) is 0 Å². The number of ether oxygens (including phenoxy) is 2. The fourth-order valence-corrected chi connectivity index (χ4v) is 3.21. The second kappa shape index (κ2) is 7.89. The van der Waals surface area contributed by atoms with Crippen LogP contribution in [0.3, 0.4) is 0 Å². The van der Waals surface area contributed by atoms with Crippen molar-refractivity contribution in [3.05, 3.63) is 59.1 Å². The summed E-state index contributed by atoms with van der Waals surface area (Å²) in [5, 5.41) is 4.71. The van der Waals surface area contributed by atoms with Crippen molar-refractivity contribution in [3.63, 3.8) is 0 Å². The second-order valence-corrected chi connectivity index (χ2v) is 6.49. The van der Waals surface area contributed by atoms with Gasteiger partial charge in [-0.3, -0.25) is 4.79 Å². The molecule has 1 aromatic heterocycles. The largest absolute Gasteiger partial charge is 0.493 e. The van der Waals surface area contributed by atoms with Gasteiger partial charge < -0.3 is 14.8 Å². The van der Waals surface area contributed by atoms with E-state index in [2.05, 4.69) is 10.3 Å². The number of nitrogens with one attached hydrogen (secondary N) is 1. The molecule has 1 amide bonds. The van der Waals surface area contributed by atoms with Crippen molar-refractivity contribution in [2.45, 2.75) is 6.18 Å². The lowest BCUT2D eigenvalue weighted by Gasteiger charge is -2.08. The standard InChI is InChI=1S/C19H15F3N2O3S/c1-26-15-8-3-11(9-16(15)27-2)18-24-14(10-28-18)17(25)23-13-6-4-12(5-7-13)19(20,21)22/h3-10H,1-2H3,(H,23,25). The average Bonchev–Trinajstić information content (AvgIpc) is 3.17. The summed E-state index contributed by atoms with van der Waals surface area (Å²) in [5.41, 5.74) is 0.375. The first-order valence-corrected chi connectivity index (χ1v) is 8.86. The molecule has 0 bridgehead atoms. The van der Waals surface area contributed by atoms with E-state index in [1.807, 2.05) is 0 Å². The van der Waals surface area contributed by atoms with E-state index in [0.29, 0.717) is 16.5 Å². The molecule has 3 rings (SSSR count). The molecule has 0 spiro atoms. The number of nitrogens with zero attached hydrogens (tertiary/aromatic N) is 1. The fraction of sp³-hybridized carbons (Fsp3) is 0.158. The van der Waals surface area contributed by atoms with Crippen LogP contribution in [0.1, 0.15) is 16.1 Å². The monoisotopic (exact) mass is 408 g/mol. The second-order valence-electron chi connectivity index (χ2n) is 5.64. The Balaban J connectivity index is 1.75. The lowest BCUT2D eigenvalue weighted by atomic mass is 10.2. The number of benzene rings is 2. The van der Waals surface area contributed by atoms with Gasteiger partial charge in [0.05, 0.1) is 19.8 Å². The first kappa shape index (κ1) is 19.7. The van der Waals surface area contributed by atoms with E-state index < -0.39 is 17.6 Å².